The predicted octanol–water partition coefficient (Wildman–Crippen LogP) is 3.22. The molecule has 4 N–H and O–H groups in total. The van der Waals surface area contributed by atoms with Gasteiger partial charge in [-0.15, -0.1) is 0 Å². The number of nitrogens with zero attached hydrogens (tertiary/aromatic N) is 1. The van der Waals surface area contributed by atoms with Crippen molar-refractivity contribution in [2.75, 3.05) is 13.1 Å². The van der Waals surface area contributed by atoms with Crippen LogP contribution in [-0.4, -0.2) is 46.1 Å². The number of likely N-dealkylation sites (tertiary alicyclic amines) is 1. The third-order valence-electron chi connectivity index (χ3n) is 5.99. The molecule has 1 aliphatic heterocycles. The molecule has 0 aliphatic carbocycles. The number of carbonyl (C=O) groups excluding carboxylic acids is 1. The van der Waals surface area contributed by atoms with E-state index in [0.717, 1.165) is 39.7 Å². The van der Waals surface area contributed by atoms with E-state index >= 15 is 0 Å². The largest absolute Gasteiger partial charge is 0.465 e. The van der Waals surface area contributed by atoms with Gasteiger partial charge in [0.25, 0.3) is 11.5 Å². The molecule has 0 spiro atoms. The lowest BCUT2D eigenvalue weighted by molar-refractivity contribution is 0.0950. The number of H-pyrrole nitrogens is 1. The van der Waals surface area contributed by atoms with Gasteiger partial charge in [0.05, 0.1) is 0 Å². The molecule has 3 rings (SSSR count). The Labute approximate surface area is 195 Å². The van der Waals surface area contributed by atoms with E-state index in [4.69, 9.17) is 5.11 Å². The zero-order chi connectivity index (χ0) is 23.4. The molecule has 1 aromatic carbocycles. The van der Waals surface area contributed by atoms with Gasteiger partial charge in [-0.3, -0.25) is 9.59 Å². The molecular weight excluding hydrogens is 476 g/mol. The van der Waals surface area contributed by atoms with Gasteiger partial charge in [0.15, 0.2) is 0 Å². The summed E-state index contributed by atoms with van der Waals surface area (Å²) in [5.74, 6) is -0.237. The third kappa shape index (κ3) is 5.77. The number of pyridine rings is 1. The molecule has 0 radical (unpaired) electrons. The van der Waals surface area contributed by atoms with Crippen molar-refractivity contribution in [3.63, 3.8) is 0 Å². The number of rotatable bonds is 6. The van der Waals surface area contributed by atoms with Gasteiger partial charge in [-0.1, -0.05) is 15.9 Å². The molecule has 0 saturated carbocycles. The molecule has 8 nitrogen and oxygen atoms in total. The number of piperidine rings is 1. The highest BCUT2D eigenvalue weighted by molar-refractivity contribution is 9.10. The van der Waals surface area contributed by atoms with Crippen molar-refractivity contribution in [2.45, 2.75) is 52.7 Å². The van der Waals surface area contributed by atoms with Crippen LogP contribution in [0.4, 0.5) is 4.79 Å². The zero-order valence-corrected chi connectivity index (χ0v) is 20.1. The third-order valence-corrected chi connectivity index (χ3v) is 6.45. The summed E-state index contributed by atoms with van der Waals surface area (Å²) in [6.45, 7) is 7.38. The summed E-state index contributed by atoms with van der Waals surface area (Å²) in [5, 5.41) is 15.4. The Morgan fingerprint density at radius 1 is 1.16 bits per heavy atom. The van der Waals surface area contributed by atoms with E-state index < -0.39 is 6.09 Å². The highest BCUT2D eigenvalue weighted by atomic mass is 79.9. The molecule has 1 aliphatic rings. The second kappa shape index (κ2) is 10.3. The van der Waals surface area contributed by atoms with Gasteiger partial charge in [0.2, 0.25) is 0 Å². The van der Waals surface area contributed by atoms with Gasteiger partial charge in [0, 0.05) is 53.5 Å². The Morgan fingerprint density at radius 3 is 2.47 bits per heavy atom. The molecule has 9 heteroatoms. The second-order valence-corrected chi connectivity index (χ2v) is 9.20. The van der Waals surface area contributed by atoms with Gasteiger partial charge in [-0.2, -0.15) is 0 Å². The van der Waals surface area contributed by atoms with Gasteiger partial charge in [-0.25, -0.2) is 4.79 Å². The van der Waals surface area contributed by atoms with Crippen LogP contribution in [0.2, 0.25) is 0 Å². The number of nitrogens with one attached hydrogen (secondary N) is 3. The second-order valence-electron chi connectivity index (χ2n) is 8.29. The van der Waals surface area contributed by atoms with E-state index in [9.17, 15) is 14.4 Å². The standard InChI is InChI=1S/C23H29BrN4O4/c1-13-8-14(2)27-22(30)20(13)12-26-21(29)19-10-17(24)9-16(15(19)3)11-25-18-4-6-28(7-5-18)23(31)32/h8-10,18,25H,4-7,11-12H2,1-3H3,(H,26,29)(H,27,30)(H,31,32). The molecule has 2 heterocycles. The number of halogens is 1. The Balaban J connectivity index is 1.66. The van der Waals surface area contributed by atoms with Crippen molar-refractivity contribution in [3.8, 4) is 0 Å². The maximum Gasteiger partial charge on any atom is 0.407 e. The first-order valence-electron chi connectivity index (χ1n) is 10.6. The van der Waals surface area contributed by atoms with Crippen LogP contribution >= 0.6 is 15.9 Å². The van der Waals surface area contributed by atoms with E-state index in [1.165, 1.54) is 4.90 Å². The highest BCUT2D eigenvalue weighted by Gasteiger charge is 2.22. The molecule has 1 aromatic heterocycles. The van der Waals surface area contributed by atoms with Crippen LogP contribution in [0.25, 0.3) is 0 Å². The predicted molar refractivity (Wildman–Crippen MR) is 126 cm³/mol. The molecular formula is C23H29BrN4O4. The van der Waals surface area contributed by atoms with Crippen molar-refractivity contribution < 1.29 is 14.7 Å². The number of aromatic nitrogens is 1. The van der Waals surface area contributed by atoms with Crippen LogP contribution in [0.15, 0.2) is 27.5 Å². The fourth-order valence-corrected chi connectivity index (χ4v) is 4.55. The average molecular weight is 505 g/mol. The highest BCUT2D eigenvalue weighted by Crippen LogP contribution is 2.22. The Kier molecular flexibility index (Phi) is 7.73. The molecule has 2 amide bonds. The molecule has 32 heavy (non-hydrogen) atoms. The van der Waals surface area contributed by atoms with Gasteiger partial charge >= 0.3 is 6.09 Å². The summed E-state index contributed by atoms with van der Waals surface area (Å²) in [6, 6.07) is 5.89. The number of carbonyl (C=O) groups is 2. The molecule has 0 unspecified atom stereocenters. The lowest BCUT2D eigenvalue weighted by atomic mass is 10.00. The first-order valence-corrected chi connectivity index (χ1v) is 11.4. The fraction of sp³-hybridized carbons (Fsp3) is 0.435. The summed E-state index contributed by atoms with van der Waals surface area (Å²) in [4.78, 5) is 40.4. The van der Waals surface area contributed by atoms with Gasteiger partial charge < -0.3 is 25.6 Å². The quantitative estimate of drug-likeness (QED) is 0.482. The van der Waals surface area contributed by atoms with Crippen LogP contribution < -0.4 is 16.2 Å². The van der Waals surface area contributed by atoms with Crippen molar-refractivity contribution in [2.24, 2.45) is 0 Å². The van der Waals surface area contributed by atoms with Gasteiger partial charge in [-0.05, 0) is 68.5 Å². The minimum absolute atomic E-state index is 0.155. The lowest BCUT2D eigenvalue weighted by Gasteiger charge is -2.30. The first-order chi connectivity index (χ1) is 15.2. The Hall–Kier alpha value is -2.65. The summed E-state index contributed by atoms with van der Waals surface area (Å²) < 4.78 is 0.801. The van der Waals surface area contributed by atoms with Crippen LogP contribution in [0, 0.1) is 20.8 Å². The molecule has 0 bridgehead atoms. The Bertz CT molecular complexity index is 1070. The SMILES string of the molecule is Cc1cc(C)c(CNC(=O)c2cc(Br)cc(CNC3CCN(C(=O)O)CC3)c2C)c(=O)[nH]1. The lowest BCUT2D eigenvalue weighted by Crippen LogP contribution is -2.44. The van der Waals surface area contributed by atoms with Crippen LogP contribution in [0.3, 0.4) is 0 Å². The van der Waals surface area contributed by atoms with Crippen LogP contribution in [0.5, 0.6) is 0 Å². The van der Waals surface area contributed by atoms with E-state index in [-0.39, 0.29) is 24.1 Å². The Morgan fingerprint density at radius 2 is 1.84 bits per heavy atom. The first kappa shape index (κ1) is 24.0. The summed E-state index contributed by atoms with van der Waals surface area (Å²) in [6.07, 6.45) is 0.652. The average Bonchev–Trinajstić information content (AvgIpc) is 2.73. The monoisotopic (exact) mass is 504 g/mol. The molecule has 2 aromatic rings. The number of aryl methyl sites for hydroxylation is 2. The minimum Gasteiger partial charge on any atom is -0.465 e. The minimum atomic E-state index is -0.871. The topological polar surface area (TPSA) is 115 Å². The maximum atomic E-state index is 12.9. The fourth-order valence-electron chi connectivity index (χ4n) is 4.05. The number of amides is 2. The van der Waals surface area contributed by atoms with Crippen molar-refractivity contribution >= 4 is 27.9 Å². The van der Waals surface area contributed by atoms with E-state index in [1.54, 1.807) is 6.07 Å². The van der Waals surface area contributed by atoms with E-state index in [1.807, 2.05) is 32.9 Å². The number of hydrogen-bond acceptors (Lipinski definition) is 4. The molecule has 0 atom stereocenters. The molecule has 1 fully saturated rings. The van der Waals surface area contributed by atoms with Gasteiger partial charge in [0.1, 0.15) is 0 Å². The van der Waals surface area contributed by atoms with E-state index in [0.29, 0.717) is 30.8 Å². The molecule has 1 saturated heterocycles. The normalized spacial score (nSPS) is 14.4. The molecule has 172 valence electrons. The van der Waals surface area contributed by atoms with Crippen molar-refractivity contribution in [1.82, 2.24) is 20.5 Å². The van der Waals surface area contributed by atoms with Crippen molar-refractivity contribution in [1.29, 1.82) is 0 Å². The van der Waals surface area contributed by atoms with Crippen molar-refractivity contribution in [3.05, 3.63) is 66.5 Å². The van der Waals surface area contributed by atoms with Crippen LogP contribution in [0.1, 0.15) is 51.1 Å². The summed E-state index contributed by atoms with van der Waals surface area (Å²) >= 11 is 3.50. The van der Waals surface area contributed by atoms with Crippen LogP contribution in [-0.2, 0) is 13.1 Å². The number of aromatic amines is 1. The zero-order valence-electron chi connectivity index (χ0n) is 18.5. The van der Waals surface area contributed by atoms with E-state index in [2.05, 4.69) is 31.5 Å². The number of benzene rings is 1. The maximum absolute atomic E-state index is 12.9. The summed E-state index contributed by atoms with van der Waals surface area (Å²) in [5.41, 5.74) is 4.41. The summed E-state index contributed by atoms with van der Waals surface area (Å²) in [7, 11) is 0. The number of carboxylic acid groups (broad SMARTS) is 1. The number of hydrogen-bond donors (Lipinski definition) is 4. The smallest absolute Gasteiger partial charge is 0.407 e.